The molecule has 3 fully saturated rings. The first-order valence-corrected chi connectivity index (χ1v) is 21.8. The van der Waals surface area contributed by atoms with Gasteiger partial charge in [0.05, 0.1) is 46.2 Å². The number of carbonyl (C=O) groups is 1. The number of imidazole rings is 1. The fourth-order valence-corrected chi connectivity index (χ4v) is 10.9. The van der Waals surface area contributed by atoms with E-state index < -0.39 is 33.8 Å². The largest absolute Gasteiger partial charge is 0.375 e. The number of pyridine rings is 2. The zero-order valence-corrected chi connectivity index (χ0v) is 34.2. The molecule has 1 aromatic carbocycles. The third kappa shape index (κ3) is 6.81. The summed E-state index contributed by atoms with van der Waals surface area (Å²) in [6, 6.07) is 9.88. The summed E-state index contributed by atoms with van der Waals surface area (Å²) in [5.74, 6) is 0.460. The van der Waals surface area contributed by atoms with Crippen LogP contribution in [0.5, 0.6) is 0 Å². The fourth-order valence-electron chi connectivity index (χ4n) is 8.90. The van der Waals surface area contributed by atoms with E-state index in [2.05, 4.69) is 15.0 Å². The average Bonchev–Trinajstić information content (AvgIpc) is 3.77. The standard InChI is InChI=1S/C41H44F2N12O4S/c1-4-59-27-21-51(3)41(56)34-16-26(47-35-7-5-6-31(48-35)37-38-32(12-13-44-37)46-23(2)53(38)22-27)20-54(34)39-29-17-45-55(33-11-8-25(42)15-30(33)43)40(29)50-36(49-39)14-24-18-52(19-24)60(57,58)28-9-10-28/h5-8,11-13,15,17,24,26-28,34H,4,9-10,14,16,18-22H2,1-3H3,(H,47,48)/t26-,27-,34-/m0/s1. The SMILES string of the molecule is CCO[C@H]1CN(C)C(=O)[C@@H]2C[C@@H](CN2c2nc(CC3CN(S(=O)(=O)C4CC4)C3)nc3c2cnn3-c2ccc(F)cc2F)Nc2cccc(n2)-c2nccc3nc(C)n(c23)C1. The predicted octanol–water partition coefficient (Wildman–Crippen LogP) is 4.11. The van der Waals surface area contributed by atoms with Crippen molar-refractivity contribution in [1.29, 1.82) is 0 Å². The van der Waals surface area contributed by atoms with Gasteiger partial charge in [0.25, 0.3) is 0 Å². The maximum absolute atomic E-state index is 15.4. The summed E-state index contributed by atoms with van der Waals surface area (Å²) in [5.41, 5.74) is 3.24. The average molecular weight is 839 g/mol. The molecular weight excluding hydrogens is 795 g/mol. The summed E-state index contributed by atoms with van der Waals surface area (Å²) in [4.78, 5) is 43.1. The number of benzene rings is 1. The number of fused-ring (bicyclic) bond motifs is 6. The first-order chi connectivity index (χ1) is 28.9. The van der Waals surface area contributed by atoms with Crippen molar-refractivity contribution in [3.05, 3.63) is 78.1 Å². The van der Waals surface area contributed by atoms with Crippen LogP contribution in [0.15, 0.2) is 54.9 Å². The van der Waals surface area contributed by atoms with E-state index >= 15 is 4.39 Å². The lowest BCUT2D eigenvalue weighted by Gasteiger charge is -2.38. The van der Waals surface area contributed by atoms with E-state index in [9.17, 15) is 17.6 Å². The van der Waals surface area contributed by atoms with Gasteiger partial charge in [0.2, 0.25) is 15.9 Å². The number of carbonyl (C=O) groups excluding carboxylic acids is 1. The van der Waals surface area contributed by atoms with Gasteiger partial charge >= 0.3 is 0 Å². The molecule has 60 heavy (non-hydrogen) atoms. The molecule has 10 rings (SSSR count). The highest BCUT2D eigenvalue weighted by molar-refractivity contribution is 7.90. The van der Waals surface area contributed by atoms with Crippen LogP contribution in [0.3, 0.4) is 0 Å². The van der Waals surface area contributed by atoms with Crippen LogP contribution in [-0.2, 0) is 32.5 Å². The predicted molar refractivity (Wildman–Crippen MR) is 219 cm³/mol. The highest BCUT2D eigenvalue weighted by Gasteiger charge is 2.46. The molecule has 16 nitrogen and oxygen atoms in total. The van der Waals surface area contributed by atoms with Crippen molar-refractivity contribution in [1.82, 2.24) is 48.5 Å². The van der Waals surface area contributed by atoms with E-state index in [0.717, 1.165) is 29.0 Å². The number of sulfonamides is 1. The van der Waals surface area contributed by atoms with Gasteiger partial charge in [-0.2, -0.15) is 5.10 Å². The van der Waals surface area contributed by atoms with E-state index in [-0.39, 0.29) is 41.0 Å². The summed E-state index contributed by atoms with van der Waals surface area (Å²) in [6.07, 6.45) is 4.98. The van der Waals surface area contributed by atoms with Crippen LogP contribution in [0, 0.1) is 24.5 Å². The molecule has 5 aromatic heterocycles. The van der Waals surface area contributed by atoms with E-state index in [1.165, 1.54) is 21.3 Å². The van der Waals surface area contributed by atoms with Gasteiger partial charge in [0.15, 0.2) is 11.5 Å². The Hall–Kier alpha value is -5.66. The molecule has 0 spiro atoms. The maximum atomic E-state index is 15.4. The smallest absolute Gasteiger partial charge is 0.245 e. The summed E-state index contributed by atoms with van der Waals surface area (Å²) in [7, 11) is -1.55. The Morgan fingerprint density at radius 2 is 1.82 bits per heavy atom. The minimum absolute atomic E-state index is 0.00324. The molecule has 1 amide bonds. The van der Waals surface area contributed by atoms with Crippen molar-refractivity contribution in [2.75, 3.05) is 50.1 Å². The van der Waals surface area contributed by atoms with Gasteiger partial charge in [0, 0.05) is 64.6 Å². The molecule has 1 N–H and O–H groups in total. The lowest BCUT2D eigenvalue weighted by atomic mass is 9.99. The monoisotopic (exact) mass is 838 g/mol. The lowest BCUT2D eigenvalue weighted by Crippen LogP contribution is -2.51. The van der Waals surface area contributed by atoms with Crippen molar-refractivity contribution in [3.8, 4) is 17.1 Å². The van der Waals surface area contributed by atoms with E-state index in [4.69, 9.17) is 29.7 Å². The van der Waals surface area contributed by atoms with Crippen molar-refractivity contribution in [2.24, 2.45) is 5.92 Å². The van der Waals surface area contributed by atoms with Gasteiger partial charge in [-0.25, -0.2) is 46.1 Å². The van der Waals surface area contributed by atoms with E-state index in [1.54, 1.807) is 18.1 Å². The number of amides is 1. The van der Waals surface area contributed by atoms with Gasteiger partial charge < -0.3 is 24.4 Å². The number of nitrogens with zero attached hydrogens (tertiary/aromatic N) is 11. The highest BCUT2D eigenvalue weighted by Crippen LogP contribution is 2.37. The van der Waals surface area contributed by atoms with Gasteiger partial charge in [-0.1, -0.05) is 6.07 Å². The Balaban J connectivity index is 1.06. The number of likely N-dealkylation sites (N-methyl/N-ethyl adjacent to an activating group) is 1. The third-order valence-electron chi connectivity index (χ3n) is 12.0. The summed E-state index contributed by atoms with van der Waals surface area (Å²) in [5, 5.41) is 8.28. The van der Waals surface area contributed by atoms with Crippen LogP contribution in [-0.4, -0.2) is 126 Å². The number of aryl methyl sites for hydroxylation is 1. The van der Waals surface area contributed by atoms with Gasteiger partial charge in [-0.05, 0) is 69.4 Å². The molecular formula is C41H44F2N12O4S. The summed E-state index contributed by atoms with van der Waals surface area (Å²) in [6.45, 7) is 6.03. The Labute approximate surface area is 344 Å². The number of aromatic nitrogens is 8. The van der Waals surface area contributed by atoms with E-state index in [0.29, 0.717) is 92.7 Å². The molecule has 8 heterocycles. The second-order valence-electron chi connectivity index (χ2n) is 16.2. The fraction of sp³-hybridized carbons (Fsp3) is 0.439. The second kappa shape index (κ2) is 14.8. The van der Waals surface area contributed by atoms with Gasteiger partial charge in [-0.15, -0.1) is 0 Å². The number of halogens is 2. The molecule has 2 saturated heterocycles. The van der Waals surface area contributed by atoms with Crippen LogP contribution in [0.2, 0.25) is 0 Å². The number of hydrogen-bond acceptors (Lipinski definition) is 12. The quantitative estimate of drug-likeness (QED) is 0.233. The van der Waals surface area contributed by atoms with Crippen LogP contribution in [0.25, 0.3) is 39.1 Å². The van der Waals surface area contributed by atoms with Crippen molar-refractivity contribution in [2.45, 2.75) is 69.5 Å². The number of ether oxygens (including phenoxy) is 1. The van der Waals surface area contributed by atoms with Crippen molar-refractivity contribution in [3.63, 3.8) is 0 Å². The number of nitrogens with one attached hydrogen (secondary N) is 1. The summed E-state index contributed by atoms with van der Waals surface area (Å²) >= 11 is 0. The second-order valence-corrected chi connectivity index (χ2v) is 18.4. The Morgan fingerprint density at radius 3 is 2.60 bits per heavy atom. The maximum Gasteiger partial charge on any atom is 0.245 e. The number of rotatable bonds is 8. The van der Waals surface area contributed by atoms with E-state index in [1.807, 2.05) is 43.0 Å². The molecule has 0 unspecified atom stereocenters. The minimum Gasteiger partial charge on any atom is -0.375 e. The van der Waals surface area contributed by atoms with Crippen LogP contribution < -0.4 is 10.2 Å². The third-order valence-corrected chi connectivity index (χ3v) is 14.3. The first kappa shape index (κ1) is 38.5. The van der Waals surface area contributed by atoms with Crippen molar-refractivity contribution >= 4 is 49.6 Å². The number of hydrogen-bond donors (Lipinski definition) is 1. The molecule has 1 saturated carbocycles. The lowest BCUT2D eigenvalue weighted by molar-refractivity contribution is -0.133. The molecule has 3 aliphatic heterocycles. The molecule has 4 aliphatic rings. The molecule has 312 valence electrons. The number of anilines is 2. The van der Waals surface area contributed by atoms with Crippen LogP contribution in [0.1, 0.15) is 37.8 Å². The van der Waals surface area contributed by atoms with Crippen LogP contribution in [0.4, 0.5) is 20.4 Å². The normalized spacial score (nSPS) is 21.6. The first-order valence-electron chi connectivity index (χ1n) is 20.3. The zero-order valence-electron chi connectivity index (χ0n) is 33.4. The molecule has 4 bridgehead atoms. The Bertz CT molecular complexity index is 2770. The van der Waals surface area contributed by atoms with Crippen LogP contribution >= 0.6 is 0 Å². The van der Waals surface area contributed by atoms with Gasteiger partial charge in [-0.3, -0.25) is 9.78 Å². The zero-order chi connectivity index (χ0) is 41.4. The summed E-state index contributed by atoms with van der Waals surface area (Å²) < 4.78 is 66.5. The highest BCUT2D eigenvalue weighted by atomic mass is 32.2. The molecule has 19 heteroatoms. The molecule has 1 aliphatic carbocycles. The molecule has 0 radical (unpaired) electrons. The minimum atomic E-state index is -3.32. The molecule has 6 aromatic rings. The Kier molecular flexibility index (Phi) is 9.51. The van der Waals surface area contributed by atoms with Crippen molar-refractivity contribution < 1.29 is 26.7 Å². The van der Waals surface area contributed by atoms with Gasteiger partial charge in [0.1, 0.15) is 46.5 Å². The molecule has 3 atom stereocenters. The Morgan fingerprint density at radius 1 is 0.983 bits per heavy atom. The topological polar surface area (TPSA) is 169 Å².